The van der Waals surface area contributed by atoms with Gasteiger partial charge in [0.05, 0.1) is 12.8 Å². The van der Waals surface area contributed by atoms with Crippen molar-refractivity contribution in [1.29, 1.82) is 0 Å². The molecule has 0 radical (unpaired) electrons. The molecule has 6 heteroatoms. The summed E-state index contributed by atoms with van der Waals surface area (Å²) < 4.78 is 5.39. The molecule has 130 valence electrons. The molecule has 1 aromatic carbocycles. The third kappa shape index (κ3) is 3.29. The molecular formula is C19H22N4O2. The molecule has 0 spiro atoms. The number of rotatable bonds is 4. The highest BCUT2D eigenvalue weighted by atomic mass is 16.5. The molecule has 4 rings (SSSR count). The zero-order chi connectivity index (χ0) is 17.2. The van der Waals surface area contributed by atoms with Crippen molar-refractivity contribution in [2.75, 3.05) is 38.2 Å². The molecule has 25 heavy (non-hydrogen) atoms. The van der Waals surface area contributed by atoms with E-state index >= 15 is 0 Å². The van der Waals surface area contributed by atoms with Crippen molar-refractivity contribution in [3.05, 3.63) is 36.4 Å². The molecule has 1 saturated heterocycles. The van der Waals surface area contributed by atoms with Crippen LogP contribution < -0.4 is 9.64 Å². The highest BCUT2D eigenvalue weighted by Crippen LogP contribution is 2.32. The van der Waals surface area contributed by atoms with E-state index in [0.29, 0.717) is 11.8 Å². The summed E-state index contributed by atoms with van der Waals surface area (Å²) in [5.41, 5.74) is 1.73. The van der Waals surface area contributed by atoms with Crippen LogP contribution in [0.1, 0.15) is 12.8 Å². The summed E-state index contributed by atoms with van der Waals surface area (Å²) in [7, 11) is 1.66. The Morgan fingerprint density at radius 2 is 1.80 bits per heavy atom. The van der Waals surface area contributed by atoms with E-state index in [4.69, 9.17) is 4.74 Å². The van der Waals surface area contributed by atoms with E-state index in [1.165, 1.54) is 0 Å². The van der Waals surface area contributed by atoms with Crippen LogP contribution >= 0.6 is 0 Å². The molecule has 1 aliphatic carbocycles. The van der Waals surface area contributed by atoms with Crippen molar-refractivity contribution in [3.63, 3.8) is 0 Å². The number of piperazine rings is 1. The molecule has 6 nitrogen and oxygen atoms in total. The second-order valence-electron chi connectivity index (χ2n) is 6.56. The summed E-state index contributed by atoms with van der Waals surface area (Å²) in [5, 5.41) is 8.76. The second-order valence-corrected chi connectivity index (χ2v) is 6.56. The maximum absolute atomic E-state index is 12.1. The average Bonchev–Trinajstić information content (AvgIpc) is 3.53. The van der Waals surface area contributed by atoms with Crippen LogP contribution in [0.4, 0.5) is 5.82 Å². The van der Waals surface area contributed by atoms with Crippen LogP contribution in [0.15, 0.2) is 36.4 Å². The predicted molar refractivity (Wildman–Crippen MR) is 95.5 cm³/mol. The third-order valence-corrected chi connectivity index (χ3v) is 4.88. The third-order valence-electron chi connectivity index (χ3n) is 4.88. The smallest absolute Gasteiger partial charge is 0.225 e. The summed E-state index contributed by atoms with van der Waals surface area (Å²) >= 11 is 0. The lowest BCUT2D eigenvalue weighted by Crippen LogP contribution is -2.49. The lowest BCUT2D eigenvalue weighted by atomic mass is 10.1. The van der Waals surface area contributed by atoms with E-state index in [1.807, 2.05) is 41.3 Å². The van der Waals surface area contributed by atoms with Gasteiger partial charge in [-0.15, -0.1) is 10.2 Å². The largest absolute Gasteiger partial charge is 0.496 e. The quantitative estimate of drug-likeness (QED) is 0.855. The normalized spacial score (nSPS) is 17.5. The van der Waals surface area contributed by atoms with Gasteiger partial charge in [-0.3, -0.25) is 4.79 Å². The number of methoxy groups -OCH3 is 1. The van der Waals surface area contributed by atoms with Gasteiger partial charge in [-0.1, -0.05) is 12.1 Å². The number of hydrogen-bond acceptors (Lipinski definition) is 5. The van der Waals surface area contributed by atoms with Gasteiger partial charge in [0.25, 0.3) is 0 Å². The molecule has 2 heterocycles. The Kier molecular flexibility index (Phi) is 4.26. The van der Waals surface area contributed by atoms with E-state index in [2.05, 4.69) is 15.1 Å². The van der Waals surface area contributed by atoms with Crippen LogP contribution in [-0.4, -0.2) is 54.3 Å². The number of nitrogens with zero attached hydrogens (tertiary/aromatic N) is 4. The maximum atomic E-state index is 12.1. The highest BCUT2D eigenvalue weighted by Gasteiger charge is 2.34. The molecule has 0 bridgehead atoms. The van der Waals surface area contributed by atoms with Gasteiger partial charge < -0.3 is 14.5 Å². The van der Waals surface area contributed by atoms with Crippen LogP contribution in [0.2, 0.25) is 0 Å². The minimum Gasteiger partial charge on any atom is -0.496 e. The lowest BCUT2D eigenvalue weighted by molar-refractivity contribution is -0.132. The first-order valence-corrected chi connectivity index (χ1v) is 8.77. The van der Waals surface area contributed by atoms with Gasteiger partial charge in [-0.25, -0.2) is 0 Å². The second kappa shape index (κ2) is 6.70. The van der Waals surface area contributed by atoms with Crippen molar-refractivity contribution in [2.24, 2.45) is 5.92 Å². The van der Waals surface area contributed by atoms with Crippen molar-refractivity contribution < 1.29 is 9.53 Å². The highest BCUT2D eigenvalue weighted by molar-refractivity contribution is 5.81. The molecule has 1 aromatic heterocycles. The predicted octanol–water partition coefficient (Wildman–Crippen LogP) is 2.21. The zero-order valence-corrected chi connectivity index (χ0v) is 14.4. The fourth-order valence-electron chi connectivity index (χ4n) is 3.24. The van der Waals surface area contributed by atoms with Crippen molar-refractivity contribution in [3.8, 4) is 17.0 Å². The van der Waals surface area contributed by atoms with Crippen LogP contribution in [0.3, 0.4) is 0 Å². The topological polar surface area (TPSA) is 58.6 Å². The first-order chi connectivity index (χ1) is 12.3. The van der Waals surface area contributed by atoms with Gasteiger partial charge in [-0.05, 0) is 37.1 Å². The molecule has 1 saturated carbocycles. The first kappa shape index (κ1) is 15.9. The number of carbonyl (C=O) groups excluding carboxylic acids is 1. The van der Waals surface area contributed by atoms with Gasteiger partial charge in [0.1, 0.15) is 5.75 Å². The summed E-state index contributed by atoms with van der Waals surface area (Å²) in [6.45, 7) is 3.15. The average molecular weight is 338 g/mol. The summed E-state index contributed by atoms with van der Waals surface area (Å²) in [5.74, 6) is 2.28. The van der Waals surface area contributed by atoms with Crippen molar-refractivity contribution in [1.82, 2.24) is 15.1 Å². The van der Waals surface area contributed by atoms with Crippen LogP contribution in [0.25, 0.3) is 11.3 Å². The Balaban J connectivity index is 1.43. The van der Waals surface area contributed by atoms with Gasteiger partial charge in [-0.2, -0.15) is 0 Å². The molecule has 0 unspecified atom stereocenters. The van der Waals surface area contributed by atoms with Crippen molar-refractivity contribution >= 4 is 11.7 Å². The molecule has 2 aliphatic rings. The van der Waals surface area contributed by atoms with Crippen LogP contribution in [0, 0.1) is 5.92 Å². The molecule has 1 amide bonds. The zero-order valence-electron chi connectivity index (χ0n) is 14.4. The Morgan fingerprint density at radius 3 is 2.44 bits per heavy atom. The number of ether oxygens (including phenoxy) is 1. The van der Waals surface area contributed by atoms with Crippen LogP contribution in [0.5, 0.6) is 5.75 Å². The van der Waals surface area contributed by atoms with E-state index < -0.39 is 0 Å². The van der Waals surface area contributed by atoms with Gasteiger partial charge in [0.2, 0.25) is 5.91 Å². The molecule has 2 fully saturated rings. The molecular weight excluding hydrogens is 316 g/mol. The number of aromatic nitrogens is 2. The Labute approximate surface area is 147 Å². The molecule has 0 atom stereocenters. The number of hydrogen-bond donors (Lipinski definition) is 0. The number of anilines is 1. The monoisotopic (exact) mass is 338 g/mol. The van der Waals surface area contributed by atoms with E-state index in [9.17, 15) is 4.79 Å². The minimum absolute atomic E-state index is 0.298. The Bertz CT molecular complexity index is 750. The summed E-state index contributed by atoms with van der Waals surface area (Å²) in [6.07, 6.45) is 2.13. The SMILES string of the molecule is COc1ccccc1-c1ccc(N2CCN(C(=O)C3CC3)CC2)nn1. The number of amides is 1. The first-order valence-electron chi connectivity index (χ1n) is 8.77. The molecule has 1 aliphatic heterocycles. The van der Waals surface area contributed by atoms with Gasteiger partial charge >= 0.3 is 0 Å². The number of benzene rings is 1. The van der Waals surface area contributed by atoms with E-state index in [-0.39, 0.29) is 0 Å². The fourth-order valence-corrected chi connectivity index (χ4v) is 3.24. The summed E-state index contributed by atoms with van der Waals surface area (Å²) in [4.78, 5) is 16.3. The van der Waals surface area contributed by atoms with E-state index in [1.54, 1.807) is 7.11 Å². The molecule has 0 N–H and O–H groups in total. The van der Waals surface area contributed by atoms with Gasteiger partial charge in [0, 0.05) is 37.7 Å². The fraction of sp³-hybridized carbons (Fsp3) is 0.421. The minimum atomic E-state index is 0.298. The Morgan fingerprint density at radius 1 is 1.04 bits per heavy atom. The molecule has 2 aromatic rings. The summed E-state index contributed by atoms with van der Waals surface area (Å²) in [6, 6.07) is 11.8. The standard InChI is InChI=1S/C19H22N4O2/c1-25-17-5-3-2-4-15(17)16-8-9-18(21-20-16)22-10-12-23(13-11-22)19(24)14-6-7-14/h2-5,8-9,14H,6-7,10-13H2,1H3. The lowest BCUT2D eigenvalue weighted by Gasteiger charge is -2.35. The number of para-hydroxylation sites is 1. The maximum Gasteiger partial charge on any atom is 0.225 e. The van der Waals surface area contributed by atoms with Crippen molar-refractivity contribution in [2.45, 2.75) is 12.8 Å². The van der Waals surface area contributed by atoms with Crippen LogP contribution in [-0.2, 0) is 4.79 Å². The number of carbonyl (C=O) groups is 1. The van der Waals surface area contributed by atoms with Gasteiger partial charge in [0.15, 0.2) is 5.82 Å². The Hall–Kier alpha value is -2.63. The van der Waals surface area contributed by atoms with E-state index in [0.717, 1.165) is 61.8 Å².